The highest BCUT2D eigenvalue weighted by molar-refractivity contribution is 8.00. The molecule has 2 amide bonds. The Morgan fingerprint density at radius 1 is 1.43 bits per heavy atom. The van der Waals surface area contributed by atoms with E-state index in [4.69, 9.17) is 0 Å². The molecule has 1 heterocycles. The van der Waals surface area contributed by atoms with Gasteiger partial charge in [-0.15, -0.1) is 11.8 Å². The van der Waals surface area contributed by atoms with Gasteiger partial charge in [-0.3, -0.25) is 9.59 Å². The molecule has 1 aliphatic heterocycles. The lowest BCUT2D eigenvalue weighted by atomic mass is 10.1. The largest absolute Gasteiger partial charge is 0.507 e. The summed E-state index contributed by atoms with van der Waals surface area (Å²) < 4.78 is 0. The van der Waals surface area contributed by atoms with Crippen LogP contribution in [0.5, 0.6) is 5.75 Å². The summed E-state index contributed by atoms with van der Waals surface area (Å²) in [5, 5.41) is 12.6. The number of carbonyl (C=O) groups is 2. The minimum Gasteiger partial charge on any atom is -0.507 e. The van der Waals surface area contributed by atoms with Gasteiger partial charge in [-0.2, -0.15) is 0 Å². The number of piperidine rings is 1. The number of nitrogens with zero attached hydrogens (tertiary/aromatic N) is 1. The number of phenols is 1. The Hall–Kier alpha value is -1.69. The summed E-state index contributed by atoms with van der Waals surface area (Å²) >= 11 is 1.34. The number of hydrogen-bond acceptors (Lipinski definition) is 4. The first-order valence-electron chi connectivity index (χ1n) is 7.02. The Balaban J connectivity index is 1.85. The van der Waals surface area contributed by atoms with Gasteiger partial charge in [0.25, 0.3) is 0 Å². The van der Waals surface area contributed by atoms with E-state index in [-0.39, 0.29) is 23.6 Å². The Labute approximate surface area is 128 Å². The van der Waals surface area contributed by atoms with Gasteiger partial charge in [0.1, 0.15) is 5.75 Å². The number of likely N-dealkylation sites (tertiary alicyclic amines) is 1. The first kappa shape index (κ1) is 15.7. The number of benzene rings is 1. The first-order chi connectivity index (χ1) is 10.1. The van der Waals surface area contributed by atoms with Crippen molar-refractivity contribution in [3.8, 4) is 5.75 Å². The molecule has 21 heavy (non-hydrogen) atoms. The SMILES string of the molecule is CC(=O)N[C@H]1CCCN(C(=O)CSc2ccccc2O)C1. The predicted molar refractivity (Wildman–Crippen MR) is 82.2 cm³/mol. The number of hydrogen-bond donors (Lipinski definition) is 2. The lowest BCUT2D eigenvalue weighted by Gasteiger charge is -2.33. The summed E-state index contributed by atoms with van der Waals surface area (Å²) in [6, 6.07) is 7.05. The maximum atomic E-state index is 12.2. The van der Waals surface area contributed by atoms with Crippen molar-refractivity contribution in [2.75, 3.05) is 18.8 Å². The van der Waals surface area contributed by atoms with Crippen LogP contribution in [-0.4, -0.2) is 46.7 Å². The molecule has 0 spiro atoms. The maximum Gasteiger partial charge on any atom is 0.233 e. The average Bonchev–Trinajstić information content (AvgIpc) is 2.45. The van der Waals surface area contributed by atoms with Gasteiger partial charge in [0.15, 0.2) is 0 Å². The normalized spacial score (nSPS) is 18.3. The molecule has 0 aliphatic carbocycles. The molecule has 1 aromatic rings. The third-order valence-corrected chi connectivity index (χ3v) is 4.45. The van der Waals surface area contributed by atoms with Crippen molar-refractivity contribution in [1.29, 1.82) is 0 Å². The standard InChI is InChI=1S/C15H20N2O3S/c1-11(18)16-12-5-4-8-17(9-12)15(20)10-21-14-7-3-2-6-13(14)19/h2-3,6-7,12,19H,4-5,8-10H2,1H3,(H,16,18)/t12-/m0/s1. The molecule has 0 radical (unpaired) electrons. The quantitative estimate of drug-likeness (QED) is 0.829. The van der Waals surface area contributed by atoms with Crippen LogP contribution in [0.2, 0.25) is 0 Å². The number of amides is 2. The van der Waals surface area contributed by atoms with Crippen molar-refractivity contribution >= 4 is 23.6 Å². The van der Waals surface area contributed by atoms with Crippen LogP contribution in [0.15, 0.2) is 29.2 Å². The van der Waals surface area contributed by atoms with E-state index in [1.807, 2.05) is 6.07 Å². The van der Waals surface area contributed by atoms with Crippen molar-refractivity contribution in [1.82, 2.24) is 10.2 Å². The molecule has 1 aromatic carbocycles. The van der Waals surface area contributed by atoms with E-state index in [2.05, 4.69) is 5.32 Å². The summed E-state index contributed by atoms with van der Waals surface area (Å²) in [6.45, 7) is 2.80. The Bertz CT molecular complexity index is 521. The van der Waals surface area contributed by atoms with E-state index in [0.717, 1.165) is 19.4 Å². The number of thioether (sulfide) groups is 1. The van der Waals surface area contributed by atoms with Crippen molar-refractivity contribution < 1.29 is 14.7 Å². The van der Waals surface area contributed by atoms with Gasteiger partial charge in [0.05, 0.1) is 5.75 Å². The molecule has 114 valence electrons. The molecule has 0 bridgehead atoms. The zero-order chi connectivity index (χ0) is 15.2. The molecule has 1 aliphatic rings. The highest BCUT2D eigenvalue weighted by Gasteiger charge is 2.24. The summed E-state index contributed by atoms with van der Waals surface area (Å²) in [6.07, 6.45) is 1.81. The van der Waals surface area contributed by atoms with E-state index in [9.17, 15) is 14.7 Å². The zero-order valence-corrected chi connectivity index (χ0v) is 12.9. The van der Waals surface area contributed by atoms with Crippen LogP contribution in [0, 0.1) is 0 Å². The van der Waals surface area contributed by atoms with E-state index in [0.29, 0.717) is 17.2 Å². The smallest absolute Gasteiger partial charge is 0.233 e. The van der Waals surface area contributed by atoms with Crippen LogP contribution < -0.4 is 5.32 Å². The molecule has 2 rings (SSSR count). The predicted octanol–water partition coefficient (Wildman–Crippen LogP) is 1.61. The summed E-state index contributed by atoms with van der Waals surface area (Å²) in [7, 11) is 0. The van der Waals surface area contributed by atoms with Gasteiger partial charge in [-0.25, -0.2) is 0 Å². The van der Waals surface area contributed by atoms with Gasteiger partial charge >= 0.3 is 0 Å². The van der Waals surface area contributed by atoms with E-state index in [1.54, 1.807) is 23.1 Å². The zero-order valence-electron chi connectivity index (χ0n) is 12.0. The fraction of sp³-hybridized carbons (Fsp3) is 0.467. The van der Waals surface area contributed by atoms with Crippen LogP contribution in [-0.2, 0) is 9.59 Å². The molecule has 1 atom stereocenters. The second-order valence-electron chi connectivity index (χ2n) is 5.14. The minimum atomic E-state index is -0.0575. The Kier molecular flexibility index (Phi) is 5.50. The molecule has 1 fully saturated rings. The second-order valence-corrected chi connectivity index (χ2v) is 6.15. The third kappa shape index (κ3) is 4.67. The monoisotopic (exact) mass is 308 g/mol. The molecular formula is C15H20N2O3S. The maximum absolute atomic E-state index is 12.2. The summed E-state index contributed by atoms with van der Waals surface area (Å²) in [4.78, 5) is 25.8. The Morgan fingerprint density at radius 3 is 2.90 bits per heavy atom. The molecule has 2 N–H and O–H groups in total. The summed E-state index contributed by atoms with van der Waals surface area (Å²) in [5.41, 5.74) is 0. The fourth-order valence-corrected chi connectivity index (χ4v) is 3.27. The van der Waals surface area contributed by atoms with Crippen molar-refractivity contribution in [2.24, 2.45) is 0 Å². The van der Waals surface area contributed by atoms with Crippen LogP contribution in [0.25, 0.3) is 0 Å². The number of carbonyl (C=O) groups excluding carboxylic acids is 2. The molecule has 5 nitrogen and oxygen atoms in total. The average molecular weight is 308 g/mol. The van der Waals surface area contributed by atoms with Crippen LogP contribution in [0.3, 0.4) is 0 Å². The topological polar surface area (TPSA) is 69.6 Å². The minimum absolute atomic E-state index is 0.0401. The number of aromatic hydroxyl groups is 1. The van der Waals surface area contributed by atoms with Gasteiger partial charge in [0.2, 0.25) is 11.8 Å². The van der Waals surface area contributed by atoms with Gasteiger partial charge in [-0.05, 0) is 25.0 Å². The molecule has 0 saturated carbocycles. The molecule has 1 saturated heterocycles. The van der Waals surface area contributed by atoms with Gasteiger partial charge < -0.3 is 15.3 Å². The number of para-hydroxylation sites is 1. The number of rotatable bonds is 4. The van der Waals surface area contributed by atoms with Crippen molar-refractivity contribution in [3.63, 3.8) is 0 Å². The van der Waals surface area contributed by atoms with E-state index >= 15 is 0 Å². The summed E-state index contributed by atoms with van der Waals surface area (Å²) in [5.74, 6) is 0.478. The van der Waals surface area contributed by atoms with Gasteiger partial charge in [-0.1, -0.05) is 12.1 Å². The van der Waals surface area contributed by atoms with Crippen molar-refractivity contribution in [2.45, 2.75) is 30.7 Å². The third-order valence-electron chi connectivity index (χ3n) is 3.40. The lowest BCUT2D eigenvalue weighted by molar-refractivity contribution is -0.130. The van der Waals surface area contributed by atoms with Crippen LogP contribution in [0.4, 0.5) is 0 Å². The highest BCUT2D eigenvalue weighted by Crippen LogP contribution is 2.28. The highest BCUT2D eigenvalue weighted by atomic mass is 32.2. The van der Waals surface area contributed by atoms with E-state index in [1.165, 1.54) is 18.7 Å². The molecule has 6 heteroatoms. The van der Waals surface area contributed by atoms with Crippen molar-refractivity contribution in [3.05, 3.63) is 24.3 Å². The second kappa shape index (κ2) is 7.36. The molecule has 0 aromatic heterocycles. The fourth-order valence-electron chi connectivity index (χ4n) is 2.42. The number of nitrogens with one attached hydrogen (secondary N) is 1. The Morgan fingerprint density at radius 2 is 2.19 bits per heavy atom. The van der Waals surface area contributed by atoms with Crippen LogP contribution >= 0.6 is 11.8 Å². The lowest BCUT2D eigenvalue weighted by Crippen LogP contribution is -2.49. The first-order valence-corrected chi connectivity index (χ1v) is 8.00. The van der Waals surface area contributed by atoms with E-state index < -0.39 is 0 Å². The van der Waals surface area contributed by atoms with Gasteiger partial charge in [0, 0.05) is 31.0 Å². The molecule has 0 unspecified atom stereocenters. The number of phenolic OH excluding ortho intramolecular Hbond substituents is 1. The van der Waals surface area contributed by atoms with Crippen LogP contribution in [0.1, 0.15) is 19.8 Å². The molecular weight excluding hydrogens is 288 g/mol.